The third kappa shape index (κ3) is 4.03. The molecule has 0 aliphatic carbocycles. The van der Waals surface area contributed by atoms with Crippen molar-refractivity contribution in [2.24, 2.45) is 0 Å². The van der Waals surface area contributed by atoms with Crippen LogP contribution in [0.25, 0.3) is 0 Å². The summed E-state index contributed by atoms with van der Waals surface area (Å²) in [6.07, 6.45) is 0. The zero-order valence-corrected chi connectivity index (χ0v) is 11.2. The minimum Gasteiger partial charge on any atom is -0.493 e. The molecule has 0 saturated carbocycles. The van der Waals surface area contributed by atoms with E-state index in [9.17, 15) is 0 Å². The van der Waals surface area contributed by atoms with Crippen molar-refractivity contribution in [2.75, 3.05) is 6.61 Å². The summed E-state index contributed by atoms with van der Waals surface area (Å²) in [7, 11) is 0. The molecule has 0 saturated heterocycles. The molecule has 0 aromatic heterocycles. The monoisotopic (exact) mass is 241 g/mol. The molecule has 16 heavy (non-hydrogen) atoms. The van der Waals surface area contributed by atoms with Gasteiger partial charge in [0.05, 0.1) is 6.61 Å². The summed E-state index contributed by atoms with van der Waals surface area (Å²) < 4.78 is 5.56. The number of rotatable bonds is 4. The summed E-state index contributed by atoms with van der Waals surface area (Å²) in [5.74, 6) is 0.867. The first kappa shape index (κ1) is 13.3. The van der Waals surface area contributed by atoms with E-state index in [1.165, 1.54) is 0 Å². The van der Waals surface area contributed by atoms with E-state index in [-0.39, 0.29) is 5.54 Å². The molecule has 0 radical (unpaired) electrons. The van der Waals surface area contributed by atoms with Crippen LogP contribution in [0, 0.1) is 0 Å². The maximum atomic E-state index is 6.17. The minimum absolute atomic E-state index is 0.0721. The first-order chi connectivity index (χ1) is 7.44. The average molecular weight is 242 g/mol. The predicted octanol–water partition coefficient (Wildman–Crippen LogP) is 3.63. The maximum absolute atomic E-state index is 6.17. The Balaban J connectivity index is 2.84. The van der Waals surface area contributed by atoms with Gasteiger partial charge in [-0.1, -0.05) is 17.7 Å². The number of benzene rings is 1. The molecule has 3 heteroatoms. The van der Waals surface area contributed by atoms with Crippen LogP contribution in [0.2, 0.25) is 5.02 Å². The van der Waals surface area contributed by atoms with Crippen molar-refractivity contribution in [1.82, 2.24) is 5.32 Å². The number of halogens is 1. The van der Waals surface area contributed by atoms with Gasteiger partial charge in [-0.05, 0) is 39.8 Å². The highest BCUT2D eigenvalue weighted by molar-refractivity contribution is 6.31. The molecule has 0 spiro atoms. The van der Waals surface area contributed by atoms with Crippen molar-refractivity contribution < 1.29 is 4.74 Å². The van der Waals surface area contributed by atoms with E-state index in [4.69, 9.17) is 16.3 Å². The van der Waals surface area contributed by atoms with Gasteiger partial charge in [0.1, 0.15) is 5.75 Å². The number of ether oxygens (including phenoxy) is 1. The molecule has 0 aliphatic heterocycles. The fourth-order valence-electron chi connectivity index (χ4n) is 1.35. The lowest BCUT2D eigenvalue weighted by Gasteiger charge is -2.22. The highest BCUT2D eigenvalue weighted by Crippen LogP contribution is 2.26. The van der Waals surface area contributed by atoms with Crippen LogP contribution in [-0.2, 0) is 6.54 Å². The molecule has 1 aromatic rings. The fraction of sp³-hybridized carbons (Fsp3) is 0.538. The molecule has 90 valence electrons. The molecule has 0 unspecified atom stereocenters. The molecule has 0 fully saturated rings. The SMILES string of the molecule is CCOc1cccc(Cl)c1CNC(C)(C)C. The van der Waals surface area contributed by atoms with Crippen molar-refractivity contribution >= 4 is 11.6 Å². The topological polar surface area (TPSA) is 21.3 Å². The van der Waals surface area contributed by atoms with Crippen LogP contribution in [0.4, 0.5) is 0 Å². The Morgan fingerprint density at radius 3 is 2.56 bits per heavy atom. The van der Waals surface area contributed by atoms with Crippen molar-refractivity contribution in [3.05, 3.63) is 28.8 Å². The second-order valence-corrected chi connectivity index (χ2v) is 5.16. The Labute approximate surface area is 103 Å². The quantitative estimate of drug-likeness (QED) is 0.869. The Morgan fingerprint density at radius 2 is 2.00 bits per heavy atom. The van der Waals surface area contributed by atoms with Crippen molar-refractivity contribution in [2.45, 2.75) is 39.8 Å². The lowest BCUT2D eigenvalue weighted by molar-refractivity contribution is 0.332. The molecule has 1 rings (SSSR count). The highest BCUT2D eigenvalue weighted by Gasteiger charge is 2.13. The van der Waals surface area contributed by atoms with E-state index in [1.807, 2.05) is 25.1 Å². The third-order valence-electron chi connectivity index (χ3n) is 2.17. The second-order valence-electron chi connectivity index (χ2n) is 4.75. The van der Waals surface area contributed by atoms with Crippen LogP contribution in [-0.4, -0.2) is 12.1 Å². The van der Waals surface area contributed by atoms with E-state index in [1.54, 1.807) is 0 Å². The maximum Gasteiger partial charge on any atom is 0.125 e. The summed E-state index contributed by atoms with van der Waals surface area (Å²) in [5, 5.41) is 4.17. The van der Waals surface area contributed by atoms with Gasteiger partial charge in [-0.2, -0.15) is 0 Å². The van der Waals surface area contributed by atoms with Crippen LogP contribution in [0.3, 0.4) is 0 Å². The molecular formula is C13H20ClNO. The molecular weight excluding hydrogens is 222 g/mol. The molecule has 0 heterocycles. The van der Waals surface area contributed by atoms with Gasteiger partial charge in [-0.25, -0.2) is 0 Å². The molecule has 0 amide bonds. The number of nitrogens with one attached hydrogen (secondary N) is 1. The van der Waals surface area contributed by atoms with Crippen molar-refractivity contribution in [1.29, 1.82) is 0 Å². The number of hydrogen-bond acceptors (Lipinski definition) is 2. The van der Waals surface area contributed by atoms with Crippen molar-refractivity contribution in [3.8, 4) is 5.75 Å². The molecule has 2 nitrogen and oxygen atoms in total. The molecule has 1 aromatic carbocycles. The van der Waals surface area contributed by atoms with Gasteiger partial charge in [0.2, 0.25) is 0 Å². The van der Waals surface area contributed by atoms with Gasteiger partial charge >= 0.3 is 0 Å². The standard InChI is InChI=1S/C13H20ClNO/c1-5-16-12-8-6-7-11(14)10(12)9-15-13(2,3)4/h6-8,15H,5,9H2,1-4H3. The van der Waals surface area contributed by atoms with Crippen LogP contribution in [0.1, 0.15) is 33.3 Å². The van der Waals surface area contributed by atoms with Gasteiger partial charge in [0.15, 0.2) is 0 Å². The van der Waals surface area contributed by atoms with Gasteiger partial charge in [-0.3, -0.25) is 0 Å². The lowest BCUT2D eigenvalue weighted by Crippen LogP contribution is -2.35. The van der Waals surface area contributed by atoms with E-state index in [0.717, 1.165) is 22.9 Å². The van der Waals surface area contributed by atoms with E-state index < -0.39 is 0 Å². The van der Waals surface area contributed by atoms with Crippen LogP contribution in [0.5, 0.6) is 5.75 Å². The first-order valence-corrected chi connectivity index (χ1v) is 5.97. The number of hydrogen-bond donors (Lipinski definition) is 1. The van der Waals surface area contributed by atoms with Gasteiger partial charge in [-0.15, -0.1) is 0 Å². The normalized spacial score (nSPS) is 11.6. The summed E-state index contributed by atoms with van der Waals surface area (Å²) in [5.41, 5.74) is 1.10. The second kappa shape index (κ2) is 5.55. The molecule has 0 bridgehead atoms. The van der Waals surface area contributed by atoms with Crippen LogP contribution < -0.4 is 10.1 Å². The fourth-order valence-corrected chi connectivity index (χ4v) is 1.59. The summed E-state index contributed by atoms with van der Waals surface area (Å²) >= 11 is 6.17. The third-order valence-corrected chi connectivity index (χ3v) is 2.53. The van der Waals surface area contributed by atoms with Gasteiger partial charge < -0.3 is 10.1 Å². The summed E-state index contributed by atoms with van der Waals surface area (Å²) in [6.45, 7) is 9.74. The van der Waals surface area contributed by atoms with E-state index in [2.05, 4.69) is 26.1 Å². The minimum atomic E-state index is 0.0721. The van der Waals surface area contributed by atoms with Gasteiger partial charge in [0, 0.05) is 22.7 Å². The Hall–Kier alpha value is -0.730. The lowest BCUT2D eigenvalue weighted by atomic mass is 10.1. The van der Waals surface area contributed by atoms with E-state index in [0.29, 0.717) is 6.61 Å². The average Bonchev–Trinajstić information content (AvgIpc) is 2.15. The molecule has 1 N–H and O–H groups in total. The Morgan fingerprint density at radius 1 is 1.31 bits per heavy atom. The smallest absolute Gasteiger partial charge is 0.125 e. The highest BCUT2D eigenvalue weighted by atomic mass is 35.5. The molecule has 0 aliphatic rings. The summed E-state index contributed by atoms with van der Waals surface area (Å²) in [4.78, 5) is 0. The largest absolute Gasteiger partial charge is 0.493 e. The predicted molar refractivity (Wildman–Crippen MR) is 69.2 cm³/mol. The van der Waals surface area contributed by atoms with Crippen LogP contribution in [0.15, 0.2) is 18.2 Å². The van der Waals surface area contributed by atoms with Crippen molar-refractivity contribution in [3.63, 3.8) is 0 Å². The summed E-state index contributed by atoms with van der Waals surface area (Å²) in [6, 6.07) is 5.76. The van der Waals surface area contributed by atoms with E-state index >= 15 is 0 Å². The zero-order valence-electron chi connectivity index (χ0n) is 10.4. The Bertz CT molecular complexity index is 344. The van der Waals surface area contributed by atoms with Gasteiger partial charge in [0.25, 0.3) is 0 Å². The zero-order chi connectivity index (χ0) is 12.2. The van der Waals surface area contributed by atoms with Crippen LogP contribution >= 0.6 is 11.6 Å². The Kier molecular flexibility index (Phi) is 4.63. The first-order valence-electron chi connectivity index (χ1n) is 5.59. The molecule has 0 atom stereocenters.